The van der Waals surface area contributed by atoms with Gasteiger partial charge in [-0.15, -0.1) is 10.2 Å². The first-order valence-electron chi connectivity index (χ1n) is 9.00. The molecule has 1 fully saturated rings. The Hall–Kier alpha value is -2.37. The van der Waals surface area contributed by atoms with Crippen LogP contribution in [-0.4, -0.2) is 26.8 Å². The fourth-order valence-electron chi connectivity index (χ4n) is 3.29. The van der Waals surface area contributed by atoms with Gasteiger partial charge in [0.25, 0.3) is 0 Å². The molecule has 6 heteroatoms. The lowest BCUT2D eigenvalue weighted by molar-refractivity contribution is -0.121. The van der Waals surface area contributed by atoms with Crippen molar-refractivity contribution in [2.24, 2.45) is 7.05 Å². The maximum atomic E-state index is 12.2. The molecule has 0 spiro atoms. The van der Waals surface area contributed by atoms with E-state index in [1.165, 1.54) is 12.8 Å². The van der Waals surface area contributed by atoms with E-state index in [4.69, 9.17) is 4.74 Å². The van der Waals surface area contributed by atoms with Gasteiger partial charge < -0.3 is 14.6 Å². The molecular formula is C19H26N4O2. The third-order valence-corrected chi connectivity index (χ3v) is 4.66. The molecule has 0 unspecified atom stereocenters. The van der Waals surface area contributed by atoms with Gasteiger partial charge in [0.2, 0.25) is 5.91 Å². The SMILES string of the molecule is C[C@H](NC(=O)CCc1cccc(OC2CCCC2)c1)c1nncn1C. The largest absolute Gasteiger partial charge is 0.490 e. The second-order valence-corrected chi connectivity index (χ2v) is 6.76. The maximum Gasteiger partial charge on any atom is 0.220 e. The lowest BCUT2D eigenvalue weighted by Gasteiger charge is -2.14. The molecular weight excluding hydrogens is 316 g/mol. The van der Waals surface area contributed by atoms with E-state index < -0.39 is 0 Å². The molecule has 0 bridgehead atoms. The number of nitrogens with zero attached hydrogens (tertiary/aromatic N) is 3. The van der Waals surface area contributed by atoms with Crippen LogP contribution < -0.4 is 10.1 Å². The normalized spacial score (nSPS) is 15.9. The van der Waals surface area contributed by atoms with Gasteiger partial charge in [0.05, 0.1) is 12.1 Å². The fraction of sp³-hybridized carbons (Fsp3) is 0.526. The van der Waals surface area contributed by atoms with Crippen molar-refractivity contribution in [3.8, 4) is 5.75 Å². The van der Waals surface area contributed by atoms with Crippen LogP contribution in [-0.2, 0) is 18.3 Å². The molecule has 25 heavy (non-hydrogen) atoms. The van der Waals surface area contributed by atoms with Crippen molar-refractivity contribution < 1.29 is 9.53 Å². The van der Waals surface area contributed by atoms with E-state index in [2.05, 4.69) is 21.6 Å². The minimum atomic E-state index is -0.156. The predicted octanol–water partition coefficient (Wildman–Crippen LogP) is 2.95. The monoisotopic (exact) mass is 342 g/mol. The average molecular weight is 342 g/mol. The Morgan fingerprint density at radius 2 is 2.20 bits per heavy atom. The van der Waals surface area contributed by atoms with Gasteiger partial charge in [-0.2, -0.15) is 0 Å². The number of hydrogen-bond donors (Lipinski definition) is 1. The molecule has 1 aliphatic carbocycles. The van der Waals surface area contributed by atoms with Crippen molar-refractivity contribution >= 4 is 5.91 Å². The number of ether oxygens (including phenoxy) is 1. The first-order chi connectivity index (χ1) is 12.1. The summed E-state index contributed by atoms with van der Waals surface area (Å²) in [7, 11) is 1.87. The van der Waals surface area contributed by atoms with Crippen LogP contribution >= 0.6 is 0 Å². The summed E-state index contributed by atoms with van der Waals surface area (Å²) in [4.78, 5) is 12.2. The van der Waals surface area contributed by atoms with Gasteiger partial charge in [0.15, 0.2) is 5.82 Å². The first-order valence-corrected chi connectivity index (χ1v) is 9.00. The predicted molar refractivity (Wildman–Crippen MR) is 95.2 cm³/mol. The van der Waals surface area contributed by atoms with E-state index >= 15 is 0 Å². The van der Waals surface area contributed by atoms with Crippen LogP contribution in [0.25, 0.3) is 0 Å². The van der Waals surface area contributed by atoms with Gasteiger partial charge in [0, 0.05) is 13.5 Å². The Bertz CT molecular complexity index is 707. The van der Waals surface area contributed by atoms with E-state index in [1.54, 1.807) is 6.33 Å². The zero-order valence-corrected chi connectivity index (χ0v) is 14.9. The molecule has 134 valence electrons. The zero-order chi connectivity index (χ0) is 17.6. The zero-order valence-electron chi connectivity index (χ0n) is 14.9. The number of aryl methyl sites for hydroxylation is 2. The smallest absolute Gasteiger partial charge is 0.220 e. The van der Waals surface area contributed by atoms with Crippen LogP contribution in [0.3, 0.4) is 0 Å². The molecule has 0 aliphatic heterocycles. The summed E-state index contributed by atoms with van der Waals surface area (Å²) >= 11 is 0. The Balaban J connectivity index is 1.49. The summed E-state index contributed by atoms with van der Waals surface area (Å²) in [5, 5.41) is 10.8. The molecule has 3 rings (SSSR count). The number of benzene rings is 1. The van der Waals surface area contributed by atoms with Crippen molar-refractivity contribution in [3.63, 3.8) is 0 Å². The van der Waals surface area contributed by atoms with Crippen LogP contribution in [0.15, 0.2) is 30.6 Å². The number of aromatic nitrogens is 3. The van der Waals surface area contributed by atoms with E-state index in [0.717, 1.165) is 30.0 Å². The highest BCUT2D eigenvalue weighted by molar-refractivity contribution is 5.76. The molecule has 0 radical (unpaired) electrons. The van der Waals surface area contributed by atoms with Crippen molar-refractivity contribution in [2.75, 3.05) is 0 Å². The standard InChI is InChI=1S/C19H26N4O2/c1-14(19-22-20-13-23(19)2)21-18(24)11-10-15-6-5-9-17(12-15)25-16-7-3-4-8-16/h5-6,9,12-14,16H,3-4,7-8,10-11H2,1-2H3,(H,21,24)/t14-/m0/s1. The Morgan fingerprint density at radius 3 is 2.92 bits per heavy atom. The summed E-state index contributed by atoms with van der Waals surface area (Å²) in [5.74, 6) is 1.68. The van der Waals surface area contributed by atoms with Crippen LogP contribution in [0.1, 0.15) is 56.5 Å². The second kappa shape index (κ2) is 8.14. The summed E-state index contributed by atoms with van der Waals surface area (Å²) in [5.41, 5.74) is 1.12. The summed E-state index contributed by atoms with van der Waals surface area (Å²) in [6.07, 6.45) is 7.93. The molecule has 6 nitrogen and oxygen atoms in total. The third-order valence-electron chi connectivity index (χ3n) is 4.66. The summed E-state index contributed by atoms with van der Waals surface area (Å²) in [6, 6.07) is 7.94. The first kappa shape index (κ1) is 17.5. The van der Waals surface area contributed by atoms with Gasteiger partial charge in [-0.05, 0) is 56.7 Å². The number of carbonyl (C=O) groups is 1. The molecule has 1 heterocycles. The molecule has 2 aromatic rings. The van der Waals surface area contributed by atoms with Crippen LogP contribution in [0.5, 0.6) is 5.75 Å². The summed E-state index contributed by atoms with van der Waals surface area (Å²) < 4.78 is 7.85. The number of nitrogens with one attached hydrogen (secondary N) is 1. The molecule has 0 saturated heterocycles. The Kier molecular flexibility index (Phi) is 5.68. The summed E-state index contributed by atoms with van der Waals surface area (Å²) in [6.45, 7) is 1.91. The van der Waals surface area contributed by atoms with Gasteiger partial charge in [0.1, 0.15) is 12.1 Å². The lowest BCUT2D eigenvalue weighted by atomic mass is 10.1. The molecule has 1 aromatic heterocycles. The number of carbonyl (C=O) groups excluding carboxylic acids is 1. The van der Waals surface area contributed by atoms with Crippen molar-refractivity contribution in [1.82, 2.24) is 20.1 Å². The molecule has 1 N–H and O–H groups in total. The average Bonchev–Trinajstić information content (AvgIpc) is 3.25. The van der Waals surface area contributed by atoms with Crippen molar-refractivity contribution in [3.05, 3.63) is 42.0 Å². The highest BCUT2D eigenvalue weighted by Gasteiger charge is 2.17. The minimum Gasteiger partial charge on any atom is -0.490 e. The highest BCUT2D eigenvalue weighted by atomic mass is 16.5. The quantitative estimate of drug-likeness (QED) is 0.840. The number of rotatable bonds is 7. The van der Waals surface area contributed by atoms with E-state index in [0.29, 0.717) is 18.9 Å². The molecule has 1 amide bonds. The van der Waals surface area contributed by atoms with Crippen molar-refractivity contribution in [1.29, 1.82) is 0 Å². The van der Waals surface area contributed by atoms with Gasteiger partial charge in [-0.25, -0.2) is 0 Å². The van der Waals surface area contributed by atoms with Gasteiger partial charge >= 0.3 is 0 Å². The topological polar surface area (TPSA) is 69.0 Å². The molecule has 1 aliphatic rings. The lowest BCUT2D eigenvalue weighted by Crippen LogP contribution is -2.28. The third kappa shape index (κ3) is 4.81. The van der Waals surface area contributed by atoms with Crippen LogP contribution in [0, 0.1) is 0 Å². The maximum absolute atomic E-state index is 12.2. The minimum absolute atomic E-state index is 0.0117. The Morgan fingerprint density at radius 1 is 1.40 bits per heavy atom. The van der Waals surface area contributed by atoms with E-state index in [-0.39, 0.29) is 11.9 Å². The van der Waals surface area contributed by atoms with Crippen LogP contribution in [0.4, 0.5) is 0 Å². The molecule has 1 atom stereocenters. The fourth-order valence-corrected chi connectivity index (χ4v) is 3.29. The molecule has 1 saturated carbocycles. The second-order valence-electron chi connectivity index (χ2n) is 6.76. The number of amides is 1. The molecule has 1 aromatic carbocycles. The highest BCUT2D eigenvalue weighted by Crippen LogP contribution is 2.24. The van der Waals surface area contributed by atoms with E-state index in [1.807, 2.05) is 36.7 Å². The van der Waals surface area contributed by atoms with Crippen LogP contribution in [0.2, 0.25) is 0 Å². The van der Waals surface area contributed by atoms with Gasteiger partial charge in [-0.3, -0.25) is 4.79 Å². The van der Waals surface area contributed by atoms with Crippen molar-refractivity contribution in [2.45, 2.75) is 57.6 Å². The van der Waals surface area contributed by atoms with Gasteiger partial charge in [-0.1, -0.05) is 12.1 Å². The number of hydrogen-bond acceptors (Lipinski definition) is 4. The van der Waals surface area contributed by atoms with E-state index in [9.17, 15) is 4.79 Å². The Labute approximate surface area is 148 Å².